The Kier molecular flexibility index (Phi) is 10.4. The van der Waals surface area contributed by atoms with Gasteiger partial charge >= 0.3 is 0 Å². The summed E-state index contributed by atoms with van der Waals surface area (Å²) in [5.41, 5.74) is 0.798. The number of piperidine rings is 1. The average Bonchev–Trinajstić information content (AvgIpc) is 2.59. The molecule has 1 fully saturated rings. The topological polar surface area (TPSA) is 68.8 Å². The van der Waals surface area contributed by atoms with Crippen LogP contribution < -0.4 is 16.0 Å². The van der Waals surface area contributed by atoms with E-state index in [0.29, 0.717) is 5.96 Å². The highest BCUT2D eigenvalue weighted by molar-refractivity contribution is 14.0. The van der Waals surface area contributed by atoms with Crippen molar-refractivity contribution in [2.75, 3.05) is 45.1 Å². The summed E-state index contributed by atoms with van der Waals surface area (Å²) in [4.78, 5) is 18.5. The fraction of sp³-hybridized carbons (Fsp3) is 0.529. The van der Waals surface area contributed by atoms with Gasteiger partial charge in [-0.25, -0.2) is 0 Å². The molecule has 2 rings (SSSR count). The van der Waals surface area contributed by atoms with Crippen LogP contribution in [0.3, 0.4) is 0 Å². The van der Waals surface area contributed by atoms with Gasteiger partial charge in [-0.15, -0.1) is 24.0 Å². The molecule has 1 aromatic carbocycles. The van der Waals surface area contributed by atoms with Gasteiger partial charge in [0.15, 0.2) is 5.96 Å². The Balaban J connectivity index is 0.00000288. The zero-order valence-electron chi connectivity index (χ0n) is 14.3. The maximum atomic E-state index is 11.9. The Labute approximate surface area is 161 Å². The summed E-state index contributed by atoms with van der Waals surface area (Å²) < 4.78 is 0. The summed E-state index contributed by atoms with van der Waals surface area (Å²) in [6.45, 7) is 4.41. The molecule has 0 radical (unpaired) electrons. The third kappa shape index (κ3) is 7.96. The van der Waals surface area contributed by atoms with Crippen molar-refractivity contribution in [2.45, 2.75) is 19.3 Å². The summed E-state index contributed by atoms with van der Waals surface area (Å²) in [7, 11) is 1.71. The van der Waals surface area contributed by atoms with E-state index in [0.717, 1.165) is 18.8 Å². The minimum absolute atomic E-state index is 0. The maximum Gasteiger partial charge on any atom is 0.243 e. The molecular weight excluding hydrogens is 417 g/mol. The minimum atomic E-state index is -0.0878. The van der Waals surface area contributed by atoms with Crippen molar-refractivity contribution >= 4 is 41.5 Å². The van der Waals surface area contributed by atoms with Crippen LogP contribution in [0.2, 0.25) is 0 Å². The number of anilines is 1. The van der Waals surface area contributed by atoms with Gasteiger partial charge in [-0.3, -0.25) is 9.79 Å². The molecule has 0 aliphatic carbocycles. The highest BCUT2D eigenvalue weighted by atomic mass is 127. The normalized spacial score (nSPS) is 15.3. The number of benzene rings is 1. The number of aliphatic imine (C=N–C) groups is 1. The van der Waals surface area contributed by atoms with E-state index < -0.39 is 0 Å². The second-order valence-electron chi connectivity index (χ2n) is 5.67. The molecule has 1 amide bonds. The predicted molar refractivity (Wildman–Crippen MR) is 110 cm³/mol. The number of amides is 1. The number of guanidine groups is 1. The van der Waals surface area contributed by atoms with Gasteiger partial charge in [0.2, 0.25) is 5.91 Å². The number of likely N-dealkylation sites (tertiary alicyclic amines) is 1. The lowest BCUT2D eigenvalue weighted by molar-refractivity contribution is -0.115. The van der Waals surface area contributed by atoms with E-state index >= 15 is 0 Å². The lowest BCUT2D eigenvalue weighted by atomic mass is 10.1. The number of nitrogens with zero attached hydrogens (tertiary/aromatic N) is 2. The Hall–Kier alpha value is -1.35. The van der Waals surface area contributed by atoms with Gasteiger partial charge in [0.1, 0.15) is 0 Å². The van der Waals surface area contributed by atoms with Crippen LogP contribution in [0.5, 0.6) is 0 Å². The third-order valence-electron chi connectivity index (χ3n) is 3.87. The second kappa shape index (κ2) is 12.1. The number of halogens is 1. The van der Waals surface area contributed by atoms with Gasteiger partial charge < -0.3 is 20.9 Å². The number of nitrogens with one attached hydrogen (secondary N) is 3. The first-order valence-corrected chi connectivity index (χ1v) is 8.29. The quantitative estimate of drug-likeness (QED) is 0.356. The van der Waals surface area contributed by atoms with Crippen molar-refractivity contribution in [3.05, 3.63) is 30.3 Å². The zero-order chi connectivity index (χ0) is 16.3. The predicted octanol–water partition coefficient (Wildman–Crippen LogP) is 1.89. The number of para-hydroxylation sites is 1. The van der Waals surface area contributed by atoms with E-state index in [4.69, 9.17) is 0 Å². The maximum absolute atomic E-state index is 11.9. The number of rotatable bonds is 6. The smallest absolute Gasteiger partial charge is 0.243 e. The van der Waals surface area contributed by atoms with Gasteiger partial charge in [-0.05, 0) is 38.1 Å². The fourth-order valence-corrected chi connectivity index (χ4v) is 2.63. The van der Waals surface area contributed by atoms with Crippen molar-refractivity contribution < 1.29 is 4.79 Å². The summed E-state index contributed by atoms with van der Waals surface area (Å²) in [5, 5.41) is 9.13. The number of hydrogen-bond donors (Lipinski definition) is 3. The molecule has 1 aliphatic rings. The molecule has 0 unspecified atom stereocenters. The van der Waals surface area contributed by atoms with Crippen molar-refractivity contribution in [3.8, 4) is 0 Å². The first kappa shape index (κ1) is 20.7. The van der Waals surface area contributed by atoms with Gasteiger partial charge in [-0.1, -0.05) is 24.6 Å². The highest BCUT2D eigenvalue weighted by Crippen LogP contribution is 2.07. The number of hydrogen-bond acceptors (Lipinski definition) is 3. The molecule has 24 heavy (non-hydrogen) atoms. The van der Waals surface area contributed by atoms with E-state index in [1.54, 1.807) is 7.05 Å². The molecule has 0 saturated carbocycles. The fourth-order valence-electron chi connectivity index (χ4n) is 2.63. The van der Waals surface area contributed by atoms with Gasteiger partial charge in [0.05, 0.1) is 6.54 Å². The molecule has 134 valence electrons. The van der Waals surface area contributed by atoms with Crippen LogP contribution >= 0.6 is 24.0 Å². The Bertz CT molecular complexity index is 503. The van der Waals surface area contributed by atoms with E-state index in [1.807, 2.05) is 30.3 Å². The highest BCUT2D eigenvalue weighted by Gasteiger charge is 2.09. The summed E-state index contributed by atoms with van der Waals surface area (Å²) in [6, 6.07) is 9.43. The molecule has 0 bridgehead atoms. The summed E-state index contributed by atoms with van der Waals surface area (Å²) in [6.07, 6.45) is 3.95. The number of carbonyl (C=O) groups excluding carboxylic acids is 1. The van der Waals surface area contributed by atoms with Crippen LogP contribution in [0.15, 0.2) is 35.3 Å². The third-order valence-corrected chi connectivity index (χ3v) is 3.87. The summed E-state index contributed by atoms with van der Waals surface area (Å²) in [5.74, 6) is 0.570. The molecule has 1 saturated heterocycles. The standard InChI is InChI=1S/C17H27N5O.HI/c1-18-17(19-10-13-22-11-6-3-7-12-22)20-14-16(23)21-15-8-4-2-5-9-15;/h2,4-5,8-9H,3,6-7,10-14H2,1H3,(H,21,23)(H2,18,19,20);1H. The largest absolute Gasteiger partial charge is 0.355 e. The van der Waals surface area contributed by atoms with Crippen molar-refractivity contribution in [1.29, 1.82) is 0 Å². The van der Waals surface area contributed by atoms with Crippen LogP contribution in [0.4, 0.5) is 5.69 Å². The van der Waals surface area contributed by atoms with Crippen LogP contribution in [0.25, 0.3) is 0 Å². The average molecular weight is 445 g/mol. The van der Waals surface area contributed by atoms with Crippen LogP contribution in [-0.2, 0) is 4.79 Å². The molecule has 0 atom stereocenters. The first-order valence-electron chi connectivity index (χ1n) is 8.29. The van der Waals surface area contributed by atoms with E-state index in [1.165, 1.54) is 32.4 Å². The van der Waals surface area contributed by atoms with Crippen molar-refractivity contribution in [3.63, 3.8) is 0 Å². The van der Waals surface area contributed by atoms with E-state index in [9.17, 15) is 4.79 Å². The molecule has 1 heterocycles. The van der Waals surface area contributed by atoms with Crippen LogP contribution in [-0.4, -0.2) is 56.5 Å². The molecule has 0 aromatic heterocycles. The molecule has 3 N–H and O–H groups in total. The van der Waals surface area contributed by atoms with E-state index in [-0.39, 0.29) is 36.4 Å². The summed E-state index contributed by atoms with van der Waals surface area (Å²) >= 11 is 0. The number of carbonyl (C=O) groups is 1. The molecule has 1 aliphatic heterocycles. The lowest BCUT2D eigenvalue weighted by Crippen LogP contribution is -2.44. The Morgan fingerprint density at radius 1 is 1.12 bits per heavy atom. The van der Waals surface area contributed by atoms with Crippen molar-refractivity contribution in [1.82, 2.24) is 15.5 Å². The molecule has 0 spiro atoms. The van der Waals surface area contributed by atoms with Gasteiger partial charge in [0.25, 0.3) is 0 Å². The van der Waals surface area contributed by atoms with Crippen LogP contribution in [0.1, 0.15) is 19.3 Å². The zero-order valence-corrected chi connectivity index (χ0v) is 16.6. The molecular formula is C17H28IN5O. The second-order valence-corrected chi connectivity index (χ2v) is 5.67. The molecule has 7 heteroatoms. The monoisotopic (exact) mass is 445 g/mol. The van der Waals surface area contributed by atoms with Gasteiger partial charge in [-0.2, -0.15) is 0 Å². The lowest BCUT2D eigenvalue weighted by Gasteiger charge is -2.26. The molecule has 6 nitrogen and oxygen atoms in total. The first-order chi connectivity index (χ1) is 11.3. The Morgan fingerprint density at radius 3 is 2.50 bits per heavy atom. The molecule has 1 aromatic rings. The van der Waals surface area contributed by atoms with E-state index in [2.05, 4.69) is 25.8 Å². The van der Waals surface area contributed by atoms with Gasteiger partial charge in [0, 0.05) is 25.8 Å². The minimum Gasteiger partial charge on any atom is -0.355 e. The SMILES string of the molecule is CN=C(NCCN1CCCCC1)NCC(=O)Nc1ccccc1.I. The van der Waals surface area contributed by atoms with Crippen LogP contribution in [0, 0.1) is 0 Å². The Morgan fingerprint density at radius 2 is 1.83 bits per heavy atom. The van der Waals surface area contributed by atoms with Crippen molar-refractivity contribution in [2.24, 2.45) is 4.99 Å².